The molecular weight excluding hydrogens is 424 g/mol. The van der Waals surface area contributed by atoms with E-state index in [1.54, 1.807) is 36.4 Å². The first-order valence-electron chi connectivity index (χ1n) is 9.71. The lowest BCUT2D eigenvalue weighted by atomic mass is 10.2. The highest BCUT2D eigenvalue weighted by atomic mass is 32.2. The Labute approximate surface area is 181 Å². The largest absolute Gasteiger partial charge is 0.497 e. The van der Waals surface area contributed by atoms with Crippen LogP contribution in [0.4, 0.5) is 11.4 Å². The summed E-state index contributed by atoms with van der Waals surface area (Å²) in [5.41, 5.74) is 0.945. The molecule has 2 aromatic carbocycles. The fourth-order valence-corrected chi connectivity index (χ4v) is 4.14. The number of amides is 1. The van der Waals surface area contributed by atoms with Crippen molar-refractivity contribution in [2.24, 2.45) is 0 Å². The van der Waals surface area contributed by atoms with Crippen LogP contribution in [-0.2, 0) is 14.8 Å². The number of ether oxygens (including phenoxy) is 4. The fraction of sp³-hybridized carbons (Fsp3) is 0.381. The Balaban J connectivity index is 1.65. The van der Waals surface area contributed by atoms with Crippen molar-refractivity contribution in [2.75, 3.05) is 49.9 Å². The second kappa shape index (κ2) is 9.78. The highest BCUT2D eigenvalue weighted by Crippen LogP contribution is 2.35. The molecular formula is C21H26N2O7S. The summed E-state index contributed by atoms with van der Waals surface area (Å²) in [4.78, 5) is 12.4. The second-order valence-corrected chi connectivity index (χ2v) is 8.79. The number of fused-ring (bicyclic) bond motifs is 1. The summed E-state index contributed by atoms with van der Waals surface area (Å²) in [6.07, 6.45) is 1.57. The quantitative estimate of drug-likeness (QED) is 0.626. The van der Waals surface area contributed by atoms with Crippen molar-refractivity contribution < 1.29 is 32.2 Å². The molecule has 0 bridgehead atoms. The van der Waals surface area contributed by atoms with Gasteiger partial charge < -0.3 is 24.3 Å². The summed E-state index contributed by atoms with van der Waals surface area (Å²) in [6.45, 7) is 1.000. The van der Waals surface area contributed by atoms with Gasteiger partial charge in [-0.2, -0.15) is 0 Å². The third-order valence-electron chi connectivity index (χ3n) is 4.66. The van der Waals surface area contributed by atoms with E-state index in [0.717, 1.165) is 6.26 Å². The molecule has 168 valence electrons. The van der Waals surface area contributed by atoms with Crippen LogP contribution in [0, 0.1) is 0 Å². The summed E-state index contributed by atoms with van der Waals surface area (Å²) in [7, 11) is -0.511. The zero-order valence-corrected chi connectivity index (χ0v) is 18.5. The monoisotopic (exact) mass is 450 g/mol. The minimum absolute atomic E-state index is 0.122. The molecule has 0 aliphatic carbocycles. The second-order valence-electron chi connectivity index (χ2n) is 6.88. The molecule has 1 N–H and O–H groups in total. The Morgan fingerprint density at radius 2 is 1.81 bits per heavy atom. The molecule has 9 nitrogen and oxygen atoms in total. The van der Waals surface area contributed by atoms with Gasteiger partial charge in [0.2, 0.25) is 15.9 Å². The summed E-state index contributed by atoms with van der Waals surface area (Å²) in [5, 5.41) is 2.78. The van der Waals surface area contributed by atoms with Crippen molar-refractivity contribution in [1.29, 1.82) is 0 Å². The van der Waals surface area contributed by atoms with E-state index in [1.165, 1.54) is 18.5 Å². The van der Waals surface area contributed by atoms with Gasteiger partial charge in [0.1, 0.15) is 24.7 Å². The zero-order valence-electron chi connectivity index (χ0n) is 17.7. The van der Waals surface area contributed by atoms with Gasteiger partial charge in [-0.15, -0.1) is 0 Å². The minimum atomic E-state index is -3.55. The molecule has 1 aliphatic rings. The fourth-order valence-electron chi connectivity index (χ4n) is 3.18. The van der Waals surface area contributed by atoms with Crippen LogP contribution in [0.1, 0.15) is 12.8 Å². The van der Waals surface area contributed by atoms with Crippen LogP contribution in [0.3, 0.4) is 0 Å². The van der Waals surface area contributed by atoms with Crippen LogP contribution < -0.4 is 28.6 Å². The topological polar surface area (TPSA) is 103 Å². The number of nitrogens with zero attached hydrogens (tertiary/aromatic N) is 1. The van der Waals surface area contributed by atoms with Crippen molar-refractivity contribution in [3.05, 3.63) is 36.4 Å². The smallest absolute Gasteiger partial charge is 0.232 e. The maximum atomic E-state index is 12.4. The maximum Gasteiger partial charge on any atom is 0.232 e. The molecule has 31 heavy (non-hydrogen) atoms. The summed E-state index contributed by atoms with van der Waals surface area (Å²) < 4.78 is 47.4. The number of anilines is 2. The van der Waals surface area contributed by atoms with Crippen LogP contribution in [0.25, 0.3) is 0 Å². The van der Waals surface area contributed by atoms with E-state index in [1.807, 2.05) is 0 Å². The van der Waals surface area contributed by atoms with E-state index < -0.39 is 10.0 Å². The summed E-state index contributed by atoms with van der Waals surface area (Å²) >= 11 is 0. The first-order chi connectivity index (χ1) is 14.8. The van der Waals surface area contributed by atoms with Gasteiger partial charge in [0.25, 0.3) is 0 Å². The number of hydrogen-bond donors (Lipinski definition) is 1. The van der Waals surface area contributed by atoms with Crippen molar-refractivity contribution >= 4 is 27.3 Å². The number of carbonyl (C=O) groups excluding carboxylic acids is 1. The highest BCUT2D eigenvalue weighted by molar-refractivity contribution is 7.92. The molecule has 0 spiro atoms. The van der Waals surface area contributed by atoms with Crippen LogP contribution in [0.15, 0.2) is 36.4 Å². The summed E-state index contributed by atoms with van der Waals surface area (Å²) in [5.74, 6) is 1.90. The van der Waals surface area contributed by atoms with Crippen molar-refractivity contribution in [2.45, 2.75) is 12.8 Å². The first kappa shape index (κ1) is 22.5. The molecule has 0 unspecified atom stereocenters. The molecule has 0 fully saturated rings. The Hall–Kier alpha value is -3.14. The lowest BCUT2D eigenvalue weighted by Gasteiger charge is -2.25. The molecule has 1 aliphatic heterocycles. The Bertz CT molecular complexity index is 1040. The number of benzene rings is 2. The number of hydrogen-bond acceptors (Lipinski definition) is 7. The molecule has 2 aromatic rings. The average Bonchev–Trinajstić information content (AvgIpc) is 2.75. The van der Waals surface area contributed by atoms with E-state index in [-0.39, 0.29) is 18.9 Å². The number of carbonyl (C=O) groups is 1. The average molecular weight is 451 g/mol. The molecule has 0 saturated carbocycles. The lowest BCUT2D eigenvalue weighted by molar-refractivity contribution is -0.116. The third kappa shape index (κ3) is 5.72. The van der Waals surface area contributed by atoms with E-state index >= 15 is 0 Å². The predicted molar refractivity (Wildman–Crippen MR) is 117 cm³/mol. The normalized spacial score (nSPS) is 12.7. The lowest BCUT2D eigenvalue weighted by Crippen LogP contribution is -2.31. The molecule has 3 rings (SSSR count). The van der Waals surface area contributed by atoms with Crippen LogP contribution in [-0.4, -0.2) is 54.6 Å². The number of nitrogens with one attached hydrogen (secondary N) is 1. The SMILES string of the molecule is COc1ccc(OC)c(NC(=O)CCCN(c2ccc3c(c2)OCCO3)S(C)(=O)=O)c1. The van der Waals surface area contributed by atoms with E-state index in [0.29, 0.717) is 54.0 Å². The maximum absolute atomic E-state index is 12.4. The van der Waals surface area contributed by atoms with Crippen molar-refractivity contribution in [1.82, 2.24) is 0 Å². The zero-order chi connectivity index (χ0) is 22.4. The van der Waals surface area contributed by atoms with E-state index in [9.17, 15) is 13.2 Å². The van der Waals surface area contributed by atoms with Gasteiger partial charge in [0, 0.05) is 25.1 Å². The number of rotatable bonds is 9. The molecule has 0 radical (unpaired) electrons. The standard InChI is InChI=1S/C21H26N2O7S/c1-27-16-7-9-18(28-2)17(14-16)22-21(24)5-4-10-23(31(3,25)26)15-6-8-19-20(13-15)30-12-11-29-19/h6-9,13-14H,4-5,10-12H2,1-3H3,(H,22,24). The van der Waals surface area contributed by atoms with Gasteiger partial charge in [-0.25, -0.2) is 8.42 Å². The van der Waals surface area contributed by atoms with Gasteiger partial charge in [-0.3, -0.25) is 9.10 Å². The van der Waals surface area contributed by atoms with Crippen molar-refractivity contribution in [3.63, 3.8) is 0 Å². The number of methoxy groups -OCH3 is 2. The van der Waals surface area contributed by atoms with Crippen molar-refractivity contribution in [3.8, 4) is 23.0 Å². The Kier molecular flexibility index (Phi) is 7.11. The van der Waals surface area contributed by atoms with Gasteiger partial charge >= 0.3 is 0 Å². The van der Waals surface area contributed by atoms with Gasteiger partial charge in [0.05, 0.1) is 31.9 Å². The van der Waals surface area contributed by atoms with Gasteiger partial charge in [-0.05, 0) is 30.7 Å². The molecule has 0 saturated heterocycles. The molecule has 0 aromatic heterocycles. The van der Waals surface area contributed by atoms with Crippen LogP contribution in [0.2, 0.25) is 0 Å². The van der Waals surface area contributed by atoms with Gasteiger partial charge in [0.15, 0.2) is 11.5 Å². The Morgan fingerprint density at radius 1 is 1.06 bits per heavy atom. The molecule has 10 heteroatoms. The van der Waals surface area contributed by atoms with Gasteiger partial charge in [-0.1, -0.05) is 0 Å². The highest BCUT2D eigenvalue weighted by Gasteiger charge is 2.21. The number of sulfonamides is 1. The molecule has 0 atom stereocenters. The third-order valence-corrected chi connectivity index (χ3v) is 5.85. The van der Waals surface area contributed by atoms with Crippen LogP contribution >= 0.6 is 0 Å². The van der Waals surface area contributed by atoms with Crippen LogP contribution in [0.5, 0.6) is 23.0 Å². The molecule has 1 amide bonds. The predicted octanol–water partition coefficient (Wildman–Crippen LogP) is 2.66. The van der Waals surface area contributed by atoms with E-state index in [4.69, 9.17) is 18.9 Å². The van der Waals surface area contributed by atoms with E-state index in [2.05, 4.69) is 5.32 Å². The minimum Gasteiger partial charge on any atom is -0.497 e. The first-order valence-corrected chi connectivity index (χ1v) is 11.6. The Morgan fingerprint density at radius 3 is 2.48 bits per heavy atom. The summed E-state index contributed by atoms with van der Waals surface area (Å²) in [6, 6.07) is 10.1. The molecule has 1 heterocycles.